The topological polar surface area (TPSA) is 96.0 Å². The molecule has 0 aromatic heterocycles. The molecule has 3 aromatic rings. The van der Waals surface area contributed by atoms with Gasteiger partial charge < -0.3 is 15.0 Å². The Balaban J connectivity index is 2.00. The number of ether oxygens (including phenoxy) is 1. The number of aryl methyl sites for hydroxylation is 1. The minimum atomic E-state index is -4.12. The highest BCUT2D eigenvalue weighted by molar-refractivity contribution is 7.92. The summed E-state index contributed by atoms with van der Waals surface area (Å²) in [6.07, 6.45) is 0. The molecule has 196 valence electrons. The maximum Gasteiger partial charge on any atom is 0.264 e. The molecule has 3 aromatic carbocycles. The molecule has 0 aliphatic heterocycles. The molecule has 8 nitrogen and oxygen atoms in total. The summed E-state index contributed by atoms with van der Waals surface area (Å²) in [6, 6.07) is 21.3. The largest absolute Gasteiger partial charge is 0.494 e. The number of nitrogens with one attached hydrogen (secondary N) is 1. The van der Waals surface area contributed by atoms with Crippen LogP contribution < -0.4 is 14.4 Å². The molecule has 1 atom stereocenters. The van der Waals surface area contributed by atoms with Crippen LogP contribution in [0.15, 0.2) is 83.8 Å². The second-order valence-electron chi connectivity index (χ2n) is 8.49. The lowest BCUT2D eigenvalue weighted by atomic mass is 10.1. The van der Waals surface area contributed by atoms with Gasteiger partial charge in [-0.3, -0.25) is 13.9 Å². The first-order chi connectivity index (χ1) is 17.7. The fourth-order valence-corrected chi connectivity index (χ4v) is 5.30. The van der Waals surface area contributed by atoms with E-state index in [4.69, 9.17) is 4.74 Å². The Hall–Kier alpha value is -3.85. The van der Waals surface area contributed by atoms with E-state index >= 15 is 0 Å². The van der Waals surface area contributed by atoms with Gasteiger partial charge in [0.2, 0.25) is 11.8 Å². The molecule has 0 fully saturated rings. The first kappa shape index (κ1) is 27.7. The van der Waals surface area contributed by atoms with E-state index < -0.39 is 28.5 Å². The van der Waals surface area contributed by atoms with Gasteiger partial charge in [0.05, 0.1) is 17.2 Å². The van der Waals surface area contributed by atoms with Crippen LogP contribution >= 0.6 is 0 Å². The molecule has 0 saturated heterocycles. The van der Waals surface area contributed by atoms with Crippen molar-refractivity contribution in [3.8, 4) is 5.75 Å². The number of hydrogen-bond acceptors (Lipinski definition) is 5. The lowest BCUT2D eigenvalue weighted by molar-refractivity contribution is -0.139. The van der Waals surface area contributed by atoms with Crippen LogP contribution in [0.3, 0.4) is 0 Å². The zero-order valence-electron chi connectivity index (χ0n) is 21.5. The van der Waals surface area contributed by atoms with E-state index in [2.05, 4.69) is 5.32 Å². The Labute approximate surface area is 218 Å². The van der Waals surface area contributed by atoms with Crippen LogP contribution in [0.25, 0.3) is 0 Å². The summed E-state index contributed by atoms with van der Waals surface area (Å²) in [6.45, 7) is 5.53. The molecule has 0 heterocycles. The van der Waals surface area contributed by atoms with Crippen LogP contribution in [-0.4, -0.2) is 51.4 Å². The monoisotopic (exact) mass is 523 g/mol. The third-order valence-electron chi connectivity index (χ3n) is 6.06. The van der Waals surface area contributed by atoms with E-state index in [1.54, 1.807) is 49.4 Å². The standard InChI is InChI=1S/C28H33N3O5S/c1-5-36-25-15-17-26(18-16-25)37(34,35)31(24-13-7-6-8-14-24)20-27(32)30(22(3)28(33)29-4)19-23-12-10-9-11-21(23)2/h6-18,22H,5,19-20H2,1-4H3,(H,29,33)/t22-/m1/s1. The zero-order valence-corrected chi connectivity index (χ0v) is 22.4. The lowest BCUT2D eigenvalue weighted by Gasteiger charge is -2.32. The van der Waals surface area contributed by atoms with Crippen molar-refractivity contribution in [2.24, 2.45) is 0 Å². The van der Waals surface area contributed by atoms with E-state index in [1.807, 2.05) is 38.1 Å². The second kappa shape index (κ2) is 12.4. The average molecular weight is 524 g/mol. The highest BCUT2D eigenvalue weighted by atomic mass is 32.2. The normalized spacial score (nSPS) is 11.9. The fraction of sp³-hybridized carbons (Fsp3) is 0.286. The highest BCUT2D eigenvalue weighted by Crippen LogP contribution is 2.26. The fourth-order valence-electron chi connectivity index (χ4n) is 3.89. The molecule has 0 aliphatic rings. The Kier molecular flexibility index (Phi) is 9.30. The maximum absolute atomic E-state index is 13.8. The molecular weight excluding hydrogens is 490 g/mol. The SMILES string of the molecule is CCOc1ccc(S(=O)(=O)N(CC(=O)N(Cc2ccccc2C)[C@H](C)C(=O)NC)c2ccccc2)cc1. The quantitative estimate of drug-likeness (QED) is 0.413. The number of likely N-dealkylation sites (N-methyl/N-ethyl adjacent to an activating group) is 1. The van der Waals surface area contributed by atoms with Gasteiger partial charge >= 0.3 is 0 Å². The van der Waals surface area contributed by atoms with E-state index in [-0.39, 0.29) is 17.3 Å². The second-order valence-corrected chi connectivity index (χ2v) is 10.4. The van der Waals surface area contributed by atoms with Gasteiger partial charge in [-0.05, 0) is 68.3 Å². The van der Waals surface area contributed by atoms with Crippen LogP contribution in [-0.2, 0) is 26.2 Å². The number of carbonyl (C=O) groups is 2. The van der Waals surface area contributed by atoms with Gasteiger partial charge in [-0.1, -0.05) is 42.5 Å². The van der Waals surface area contributed by atoms with Crippen LogP contribution in [0, 0.1) is 6.92 Å². The van der Waals surface area contributed by atoms with E-state index in [0.29, 0.717) is 18.0 Å². The molecule has 37 heavy (non-hydrogen) atoms. The van der Waals surface area contributed by atoms with Gasteiger partial charge in [0.15, 0.2) is 0 Å². The number of carbonyl (C=O) groups excluding carboxylic acids is 2. The van der Waals surface area contributed by atoms with Gasteiger partial charge in [-0.25, -0.2) is 8.42 Å². The molecular formula is C28H33N3O5S. The first-order valence-electron chi connectivity index (χ1n) is 12.0. The first-order valence-corrected chi connectivity index (χ1v) is 13.5. The summed E-state index contributed by atoms with van der Waals surface area (Å²) in [5.41, 5.74) is 2.17. The number of para-hydroxylation sites is 1. The van der Waals surface area contributed by atoms with Crippen molar-refractivity contribution in [1.29, 1.82) is 0 Å². The van der Waals surface area contributed by atoms with Crippen LogP contribution in [0.5, 0.6) is 5.75 Å². The van der Waals surface area contributed by atoms with Crippen molar-refractivity contribution in [3.05, 3.63) is 90.0 Å². The van der Waals surface area contributed by atoms with Crippen molar-refractivity contribution >= 4 is 27.5 Å². The van der Waals surface area contributed by atoms with Gasteiger partial charge in [-0.2, -0.15) is 0 Å². The third kappa shape index (κ3) is 6.68. The van der Waals surface area contributed by atoms with Crippen LogP contribution in [0.1, 0.15) is 25.0 Å². The van der Waals surface area contributed by atoms with E-state index in [0.717, 1.165) is 15.4 Å². The summed E-state index contributed by atoms with van der Waals surface area (Å²) in [5, 5.41) is 2.58. The van der Waals surface area contributed by atoms with E-state index in [9.17, 15) is 18.0 Å². The molecule has 0 radical (unpaired) electrons. The minimum absolute atomic E-state index is 0.0254. The summed E-state index contributed by atoms with van der Waals surface area (Å²) < 4.78 is 34.0. The Bertz CT molecular complexity index is 1310. The number of nitrogens with zero attached hydrogens (tertiary/aromatic N) is 2. The van der Waals surface area contributed by atoms with E-state index in [1.165, 1.54) is 24.1 Å². The molecule has 0 bridgehead atoms. The third-order valence-corrected chi connectivity index (χ3v) is 7.85. The van der Waals surface area contributed by atoms with Crippen LogP contribution in [0.2, 0.25) is 0 Å². The molecule has 0 aliphatic carbocycles. The lowest BCUT2D eigenvalue weighted by Crippen LogP contribution is -2.50. The number of hydrogen-bond donors (Lipinski definition) is 1. The number of rotatable bonds is 11. The smallest absolute Gasteiger partial charge is 0.264 e. The Morgan fingerprint density at radius 2 is 1.57 bits per heavy atom. The Morgan fingerprint density at radius 3 is 2.16 bits per heavy atom. The Morgan fingerprint density at radius 1 is 0.946 bits per heavy atom. The van der Waals surface area contributed by atoms with Crippen molar-refractivity contribution in [3.63, 3.8) is 0 Å². The average Bonchev–Trinajstić information content (AvgIpc) is 2.91. The molecule has 0 unspecified atom stereocenters. The van der Waals surface area contributed by atoms with Crippen molar-refractivity contribution in [2.45, 2.75) is 38.3 Å². The molecule has 3 rings (SSSR count). The number of anilines is 1. The number of sulfonamides is 1. The molecule has 2 amide bonds. The van der Waals surface area contributed by atoms with Crippen molar-refractivity contribution in [2.75, 3.05) is 24.5 Å². The molecule has 0 saturated carbocycles. The maximum atomic E-state index is 13.8. The van der Waals surface area contributed by atoms with Crippen molar-refractivity contribution < 1.29 is 22.7 Å². The van der Waals surface area contributed by atoms with Gasteiger partial charge in [0.25, 0.3) is 10.0 Å². The predicted octanol–water partition coefficient (Wildman–Crippen LogP) is 3.75. The zero-order chi connectivity index (χ0) is 27.0. The molecule has 9 heteroatoms. The minimum Gasteiger partial charge on any atom is -0.494 e. The van der Waals surface area contributed by atoms with Gasteiger partial charge in [0, 0.05) is 13.6 Å². The molecule has 0 spiro atoms. The number of benzene rings is 3. The predicted molar refractivity (Wildman–Crippen MR) is 144 cm³/mol. The summed E-state index contributed by atoms with van der Waals surface area (Å²) in [5.74, 6) is -0.298. The molecule has 1 N–H and O–H groups in total. The van der Waals surface area contributed by atoms with Gasteiger partial charge in [-0.15, -0.1) is 0 Å². The van der Waals surface area contributed by atoms with Crippen LogP contribution in [0.4, 0.5) is 5.69 Å². The number of amides is 2. The van der Waals surface area contributed by atoms with Crippen molar-refractivity contribution in [1.82, 2.24) is 10.2 Å². The van der Waals surface area contributed by atoms with Gasteiger partial charge in [0.1, 0.15) is 18.3 Å². The summed E-state index contributed by atoms with van der Waals surface area (Å²) in [7, 11) is -2.62. The highest BCUT2D eigenvalue weighted by Gasteiger charge is 2.32. The summed E-state index contributed by atoms with van der Waals surface area (Å²) >= 11 is 0. The summed E-state index contributed by atoms with van der Waals surface area (Å²) in [4.78, 5) is 27.7.